The monoisotopic (exact) mass is 427 g/mol. The third-order valence-corrected chi connectivity index (χ3v) is 6.25. The number of carbonyl (C=O) groups is 2. The van der Waals surface area contributed by atoms with Crippen molar-refractivity contribution in [1.82, 2.24) is 14.9 Å². The van der Waals surface area contributed by atoms with Gasteiger partial charge in [0.15, 0.2) is 0 Å². The molecule has 3 rings (SSSR count). The van der Waals surface area contributed by atoms with E-state index in [2.05, 4.69) is 16.6 Å². The Kier molecular flexibility index (Phi) is 7.02. The van der Waals surface area contributed by atoms with Crippen LogP contribution in [0.4, 0.5) is 0 Å². The minimum atomic E-state index is -3.83. The molecule has 0 spiro atoms. The fraction of sp³-hybridized carbons (Fsp3) is 0.273. The number of rotatable bonds is 8. The molecule has 8 heteroatoms. The number of nitrogens with zero attached hydrogens (tertiary/aromatic N) is 1. The Bertz CT molecular complexity index is 1040. The van der Waals surface area contributed by atoms with Crippen molar-refractivity contribution < 1.29 is 18.0 Å². The largest absolute Gasteiger partial charge is 0.349 e. The Morgan fingerprint density at radius 2 is 1.73 bits per heavy atom. The van der Waals surface area contributed by atoms with E-state index in [1.54, 1.807) is 36.4 Å². The van der Waals surface area contributed by atoms with Crippen molar-refractivity contribution in [2.24, 2.45) is 0 Å². The summed E-state index contributed by atoms with van der Waals surface area (Å²) in [6.45, 7) is 5.37. The van der Waals surface area contributed by atoms with Crippen LogP contribution in [0.5, 0.6) is 0 Å². The summed E-state index contributed by atoms with van der Waals surface area (Å²) in [4.78, 5) is 26.4. The van der Waals surface area contributed by atoms with Crippen LogP contribution in [-0.2, 0) is 16.6 Å². The van der Waals surface area contributed by atoms with Crippen LogP contribution in [-0.4, -0.2) is 44.8 Å². The van der Waals surface area contributed by atoms with Crippen LogP contribution >= 0.6 is 0 Å². The topological polar surface area (TPSA) is 95.6 Å². The number of nitrogens with one attached hydrogen (secondary N) is 2. The average molecular weight is 428 g/mol. The van der Waals surface area contributed by atoms with E-state index in [1.807, 2.05) is 4.90 Å². The van der Waals surface area contributed by atoms with Crippen LogP contribution < -0.4 is 10.0 Å². The Morgan fingerprint density at radius 1 is 1.03 bits per heavy atom. The molecule has 0 bridgehead atoms. The standard InChI is InChI=1S/C22H25N3O4S/c1-2-11-23-21(26)18-8-6-10-20(15-18)30(28,29)24-16-17-7-5-9-19(14-17)22(27)25-12-3-4-13-25/h2,5-10,14-15,24H,1,3-4,11-13,16H2,(H,23,26). The van der Waals surface area contributed by atoms with Crippen LogP contribution in [0.1, 0.15) is 39.1 Å². The van der Waals surface area contributed by atoms with E-state index in [0.717, 1.165) is 25.9 Å². The van der Waals surface area contributed by atoms with E-state index in [1.165, 1.54) is 18.2 Å². The quantitative estimate of drug-likeness (QED) is 0.632. The molecule has 1 heterocycles. The minimum Gasteiger partial charge on any atom is -0.349 e. The van der Waals surface area contributed by atoms with Crippen molar-refractivity contribution in [3.63, 3.8) is 0 Å². The zero-order valence-corrected chi connectivity index (χ0v) is 17.5. The molecule has 30 heavy (non-hydrogen) atoms. The van der Waals surface area contributed by atoms with Gasteiger partial charge in [-0.1, -0.05) is 24.3 Å². The lowest BCUT2D eigenvalue weighted by Gasteiger charge is -2.15. The zero-order valence-electron chi connectivity index (χ0n) is 16.6. The molecule has 1 saturated heterocycles. The van der Waals surface area contributed by atoms with Crippen LogP contribution in [0.25, 0.3) is 0 Å². The fourth-order valence-corrected chi connectivity index (χ4v) is 4.31. The van der Waals surface area contributed by atoms with Gasteiger partial charge in [0.25, 0.3) is 11.8 Å². The summed E-state index contributed by atoms with van der Waals surface area (Å²) < 4.78 is 27.9. The molecule has 0 saturated carbocycles. The number of carbonyl (C=O) groups excluding carboxylic acids is 2. The van der Waals surface area contributed by atoms with E-state index in [-0.39, 0.29) is 28.8 Å². The molecule has 1 aliphatic heterocycles. The van der Waals surface area contributed by atoms with Gasteiger partial charge in [-0.15, -0.1) is 6.58 Å². The van der Waals surface area contributed by atoms with Gasteiger partial charge in [0.05, 0.1) is 4.90 Å². The summed E-state index contributed by atoms with van der Waals surface area (Å²) in [6.07, 6.45) is 3.56. The highest BCUT2D eigenvalue weighted by Gasteiger charge is 2.20. The summed E-state index contributed by atoms with van der Waals surface area (Å²) in [5.74, 6) is -0.407. The van der Waals surface area contributed by atoms with Gasteiger partial charge in [0.2, 0.25) is 10.0 Å². The molecule has 7 nitrogen and oxygen atoms in total. The number of hydrogen-bond acceptors (Lipinski definition) is 4. The Hall–Kier alpha value is -2.97. The molecule has 1 aliphatic rings. The van der Waals surface area contributed by atoms with Crippen molar-refractivity contribution in [2.75, 3.05) is 19.6 Å². The maximum Gasteiger partial charge on any atom is 0.253 e. The van der Waals surface area contributed by atoms with Gasteiger partial charge < -0.3 is 10.2 Å². The molecule has 0 aliphatic carbocycles. The van der Waals surface area contributed by atoms with E-state index >= 15 is 0 Å². The highest BCUT2D eigenvalue weighted by molar-refractivity contribution is 7.89. The average Bonchev–Trinajstić information content (AvgIpc) is 3.31. The van der Waals surface area contributed by atoms with Crippen molar-refractivity contribution in [1.29, 1.82) is 0 Å². The van der Waals surface area contributed by atoms with Crippen molar-refractivity contribution >= 4 is 21.8 Å². The molecule has 1 fully saturated rings. The minimum absolute atomic E-state index is 0.00180. The molecule has 2 N–H and O–H groups in total. The summed E-state index contributed by atoms with van der Waals surface area (Å²) >= 11 is 0. The third kappa shape index (κ3) is 5.34. The van der Waals surface area contributed by atoms with Crippen molar-refractivity contribution in [3.05, 3.63) is 77.9 Å². The highest BCUT2D eigenvalue weighted by Crippen LogP contribution is 2.16. The molecule has 0 radical (unpaired) electrons. The first-order chi connectivity index (χ1) is 14.4. The maximum absolute atomic E-state index is 12.7. The van der Waals surface area contributed by atoms with Crippen LogP contribution in [0, 0.1) is 0 Å². The molecule has 0 unspecified atom stereocenters. The normalized spacial score (nSPS) is 13.8. The number of amides is 2. The van der Waals surface area contributed by atoms with E-state index < -0.39 is 10.0 Å². The van der Waals surface area contributed by atoms with Crippen LogP contribution in [0.3, 0.4) is 0 Å². The Morgan fingerprint density at radius 3 is 2.47 bits per heavy atom. The van der Waals surface area contributed by atoms with Crippen LogP contribution in [0.2, 0.25) is 0 Å². The molecule has 158 valence electrons. The van der Waals surface area contributed by atoms with Crippen LogP contribution in [0.15, 0.2) is 66.1 Å². The first kappa shape index (κ1) is 21.7. The molecule has 2 amide bonds. The Labute approximate surface area is 176 Å². The van der Waals surface area contributed by atoms with E-state index in [0.29, 0.717) is 17.7 Å². The second kappa shape index (κ2) is 9.69. The summed E-state index contributed by atoms with van der Waals surface area (Å²) in [7, 11) is -3.83. The number of benzene rings is 2. The second-order valence-electron chi connectivity index (χ2n) is 7.05. The summed E-state index contributed by atoms with van der Waals surface area (Å²) in [5, 5.41) is 2.62. The van der Waals surface area contributed by atoms with Gasteiger partial charge in [-0.3, -0.25) is 9.59 Å². The van der Waals surface area contributed by atoms with Gasteiger partial charge in [-0.05, 0) is 48.7 Å². The SMILES string of the molecule is C=CCNC(=O)c1cccc(S(=O)(=O)NCc2cccc(C(=O)N3CCCC3)c2)c1. The molecule has 2 aromatic rings. The second-order valence-corrected chi connectivity index (χ2v) is 8.82. The van der Waals surface area contributed by atoms with Gasteiger partial charge in [0.1, 0.15) is 0 Å². The van der Waals surface area contributed by atoms with Gasteiger partial charge in [0, 0.05) is 37.3 Å². The molecule has 2 aromatic carbocycles. The summed E-state index contributed by atoms with van der Waals surface area (Å²) in [5.41, 5.74) is 1.48. The Balaban J connectivity index is 1.69. The third-order valence-electron chi connectivity index (χ3n) is 4.85. The molecule has 0 aromatic heterocycles. The van der Waals surface area contributed by atoms with Gasteiger partial charge >= 0.3 is 0 Å². The first-order valence-corrected chi connectivity index (χ1v) is 11.3. The molecular weight excluding hydrogens is 402 g/mol. The smallest absolute Gasteiger partial charge is 0.253 e. The summed E-state index contributed by atoms with van der Waals surface area (Å²) in [6, 6.07) is 12.8. The predicted octanol–water partition coefficient (Wildman–Crippen LogP) is 2.32. The number of sulfonamides is 1. The zero-order chi connectivity index (χ0) is 21.6. The van der Waals surface area contributed by atoms with Crippen molar-refractivity contribution in [2.45, 2.75) is 24.3 Å². The lowest BCUT2D eigenvalue weighted by Crippen LogP contribution is -2.28. The van der Waals surface area contributed by atoms with E-state index in [9.17, 15) is 18.0 Å². The lowest BCUT2D eigenvalue weighted by atomic mass is 10.1. The fourth-order valence-electron chi connectivity index (χ4n) is 3.25. The lowest BCUT2D eigenvalue weighted by molar-refractivity contribution is 0.0792. The number of likely N-dealkylation sites (tertiary alicyclic amines) is 1. The van der Waals surface area contributed by atoms with Crippen molar-refractivity contribution in [3.8, 4) is 0 Å². The molecule has 0 atom stereocenters. The van der Waals surface area contributed by atoms with Gasteiger partial charge in [-0.2, -0.15) is 0 Å². The maximum atomic E-state index is 12.7. The molecular formula is C22H25N3O4S. The highest BCUT2D eigenvalue weighted by atomic mass is 32.2. The van der Waals surface area contributed by atoms with E-state index in [4.69, 9.17) is 0 Å². The number of hydrogen-bond donors (Lipinski definition) is 2. The van der Waals surface area contributed by atoms with Gasteiger partial charge in [-0.25, -0.2) is 13.1 Å². The first-order valence-electron chi connectivity index (χ1n) is 9.78. The predicted molar refractivity (Wildman–Crippen MR) is 115 cm³/mol.